The number of carbonyl (C=O) groups excluding carboxylic acids is 1. The van der Waals surface area contributed by atoms with E-state index in [1.165, 1.54) is 11.8 Å². The van der Waals surface area contributed by atoms with Crippen molar-refractivity contribution in [2.45, 2.75) is 37.2 Å². The van der Waals surface area contributed by atoms with E-state index in [2.05, 4.69) is 15.2 Å². The molecule has 2 rings (SSSR count). The first kappa shape index (κ1) is 15.5. The Morgan fingerprint density at radius 1 is 1.48 bits per heavy atom. The van der Waals surface area contributed by atoms with Crippen molar-refractivity contribution in [2.75, 3.05) is 6.61 Å². The molecule has 1 atom stereocenters. The molecule has 0 N–H and O–H groups in total. The number of hydrogen-bond donors (Lipinski definition) is 0. The Balaban J connectivity index is 1.94. The SMILES string of the molecule is CCOC(=O)[C@H](C)Sc1nncn1CCc1ccccn1. The smallest absolute Gasteiger partial charge is 0.319 e. The predicted octanol–water partition coefficient (Wildman–Crippen LogP) is 1.96. The lowest BCUT2D eigenvalue weighted by molar-refractivity contribution is -0.142. The van der Waals surface area contributed by atoms with Gasteiger partial charge in [0.05, 0.1) is 6.61 Å². The molecule has 0 aromatic carbocycles. The highest BCUT2D eigenvalue weighted by Crippen LogP contribution is 2.21. The molecule has 0 bridgehead atoms. The van der Waals surface area contributed by atoms with Gasteiger partial charge in [0.1, 0.15) is 11.6 Å². The Morgan fingerprint density at radius 3 is 3.05 bits per heavy atom. The maximum Gasteiger partial charge on any atom is 0.319 e. The highest BCUT2D eigenvalue weighted by Gasteiger charge is 2.18. The van der Waals surface area contributed by atoms with Gasteiger partial charge in [0, 0.05) is 24.9 Å². The zero-order valence-electron chi connectivity index (χ0n) is 12.1. The quantitative estimate of drug-likeness (QED) is 0.575. The Hall–Kier alpha value is -1.89. The number of aryl methyl sites for hydroxylation is 2. The second kappa shape index (κ2) is 7.78. The fourth-order valence-electron chi connectivity index (χ4n) is 1.74. The number of aromatic nitrogens is 4. The second-order valence-electron chi connectivity index (χ2n) is 4.39. The van der Waals surface area contributed by atoms with Crippen molar-refractivity contribution >= 4 is 17.7 Å². The molecule has 0 spiro atoms. The number of carbonyl (C=O) groups is 1. The van der Waals surface area contributed by atoms with E-state index >= 15 is 0 Å². The highest BCUT2D eigenvalue weighted by atomic mass is 32.2. The van der Waals surface area contributed by atoms with Gasteiger partial charge in [-0.2, -0.15) is 0 Å². The zero-order chi connectivity index (χ0) is 15.1. The van der Waals surface area contributed by atoms with E-state index in [1.807, 2.05) is 22.8 Å². The van der Waals surface area contributed by atoms with Gasteiger partial charge in [-0.3, -0.25) is 9.78 Å². The first-order valence-electron chi connectivity index (χ1n) is 6.81. The maximum absolute atomic E-state index is 11.6. The number of nitrogens with zero attached hydrogens (tertiary/aromatic N) is 4. The molecular weight excluding hydrogens is 288 g/mol. The average molecular weight is 306 g/mol. The number of ether oxygens (including phenoxy) is 1. The fraction of sp³-hybridized carbons (Fsp3) is 0.429. The highest BCUT2D eigenvalue weighted by molar-refractivity contribution is 8.00. The Kier molecular flexibility index (Phi) is 5.74. The van der Waals surface area contributed by atoms with Crippen molar-refractivity contribution in [3.63, 3.8) is 0 Å². The monoisotopic (exact) mass is 306 g/mol. The minimum Gasteiger partial charge on any atom is -0.465 e. The minimum absolute atomic E-state index is 0.234. The van der Waals surface area contributed by atoms with Gasteiger partial charge >= 0.3 is 5.97 Å². The average Bonchev–Trinajstić information content (AvgIpc) is 2.93. The zero-order valence-corrected chi connectivity index (χ0v) is 12.9. The van der Waals surface area contributed by atoms with Crippen LogP contribution >= 0.6 is 11.8 Å². The Bertz CT molecular complexity index is 573. The predicted molar refractivity (Wildman–Crippen MR) is 79.9 cm³/mol. The summed E-state index contributed by atoms with van der Waals surface area (Å²) in [4.78, 5) is 15.9. The molecule has 2 aromatic heterocycles. The van der Waals surface area contributed by atoms with Crippen LogP contribution in [0.15, 0.2) is 35.9 Å². The van der Waals surface area contributed by atoms with Crippen LogP contribution in [0, 0.1) is 0 Å². The van der Waals surface area contributed by atoms with Crippen LogP contribution in [0.1, 0.15) is 19.5 Å². The molecule has 6 nitrogen and oxygen atoms in total. The summed E-state index contributed by atoms with van der Waals surface area (Å²) in [5, 5.41) is 8.38. The van der Waals surface area contributed by atoms with Crippen molar-refractivity contribution in [3.8, 4) is 0 Å². The summed E-state index contributed by atoms with van der Waals surface area (Å²) in [6.07, 6.45) is 4.24. The van der Waals surface area contributed by atoms with E-state index in [0.29, 0.717) is 11.8 Å². The van der Waals surface area contributed by atoms with Gasteiger partial charge in [0.25, 0.3) is 0 Å². The molecular formula is C14H18N4O2S. The van der Waals surface area contributed by atoms with Crippen molar-refractivity contribution < 1.29 is 9.53 Å². The number of rotatable bonds is 7. The molecule has 0 aliphatic rings. The molecule has 0 saturated carbocycles. The van der Waals surface area contributed by atoms with E-state index < -0.39 is 0 Å². The number of thioether (sulfide) groups is 1. The van der Waals surface area contributed by atoms with E-state index in [-0.39, 0.29) is 11.2 Å². The van der Waals surface area contributed by atoms with Crippen LogP contribution in [-0.2, 0) is 22.5 Å². The van der Waals surface area contributed by atoms with Gasteiger partial charge in [0.2, 0.25) is 0 Å². The summed E-state index contributed by atoms with van der Waals surface area (Å²) in [6, 6.07) is 5.84. The topological polar surface area (TPSA) is 69.9 Å². The maximum atomic E-state index is 11.6. The van der Waals surface area contributed by atoms with Crippen molar-refractivity contribution in [3.05, 3.63) is 36.4 Å². The van der Waals surface area contributed by atoms with E-state index in [9.17, 15) is 4.79 Å². The Morgan fingerprint density at radius 2 is 2.33 bits per heavy atom. The van der Waals surface area contributed by atoms with Gasteiger partial charge in [-0.1, -0.05) is 17.8 Å². The largest absolute Gasteiger partial charge is 0.465 e. The van der Waals surface area contributed by atoms with E-state index in [1.54, 1.807) is 26.4 Å². The molecule has 0 amide bonds. The minimum atomic E-state index is -0.303. The van der Waals surface area contributed by atoms with Crippen LogP contribution in [0.2, 0.25) is 0 Å². The first-order valence-corrected chi connectivity index (χ1v) is 7.69. The van der Waals surface area contributed by atoms with Crippen LogP contribution in [0.3, 0.4) is 0 Å². The molecule has 2 heterocycles. The third-order valence-corrected chi connectivity index (χ3v) is 3.89. The lowest BCUT2D eigenvalue weighted by atomic mass is 10.3. The lowest BCUT2D eigenvalue weighted by Crippen LogP contribution is -2.17. The standard InChI is InChI=1S/C14H18N4O2S/c1-3-20-13(19)11(2)21-14-17-16-10-18(14)9-7-12-6-4-5-8-15-12/h4-6,8,10-11H,3,7,9H2,1-2H3/t11-/m0/s1. The molecule has 21 heavy (non-hydrogen) atoms. The third kappa shape index (κ3) is 4.56. The normalized spacial score (nSPS) is 12.1. The van der Waals surface area contributed by atoms with Gasteiger partial charge in [0.15, 0.2) is 5.16 Å². The van der Waals surface area contributed by atoms with E-state index in [0.717, 1.165) is 18.7 Å². The molecule has 0 aliphatic heterocycles. The molecule has 7 heteroatoms. The molecule has 0 saturated heterocycles. The summed E-state index contributed by atoms with van der Waals surface area (Å²) in [7, 11) is 0. The van der Waals surface area contributed by atoms with Gasteiger partial charge in [-0.05, 0) is 26.0 Å². The molecule has 0 unspecified atom stereocenters. The third-order valence-electron chi connectivity index (χ3n) is 2.82. The van der Waals surface area contributed by atoms with Crippen LogP contribution in [0.5, 0.6) is 0 Å². The van der Waals surface area contributed by atoms with E-state index in [4.69, 9.17) is 4.74 Å². The summed E-state index contributed by atoms with van der Waals surface area (Å²) in [6.45, 7) is 4.71. The summed E-state index contributed by atoms with van der Waals surface area (Å²) in [5.41, 5.74) is 1.01. The van der Waals surface area contributed by atoms with Crippen LogP contribution in [0.4, 0.5) is 0 Å². The molecule has 0 aliphatic carbocycles. The second-order valence-corrected chi connectivity index (χ2v) is 5.70. The molecule has 0 fully saturated rings. The van der Waals surface area contributed by atoms with Gasteiger partial charge in [-0.25, -0.2) is 0 Å². The van der Waals surface area contributed by atoms with Gasteiger partial charge < -0.3 is 9.30 Å². The molecule has 112 valence electrons. The first-order chi connectivity index (χ1) is 10.2. The Labute approximate surface area is 127 Å². The number of esters is 1. The molecule has 2 aromatic rings. The van der Waals surface area contributed by atoms with Crippen LogP contribution < -0.4 is 0 Å². The van der Waals surface area contributed by atoms with Crippen molar-refractivity contribution in [2.24, 2.45) is 0 Å². The number of hydrogen-bond acceptors (Lipinski definition) is 6. The van der Waals surface area contributed by atoms with Crippen molar-refractivity contribution in [1.82, 2.24) is 19.7 Å². The molecule has 0 radical (unpaired) electrons. The summed E-state index contributed by atoms with van der Waals surface area (Å²) in [5.74, 6) is -0.234. The number of pyridine rings is 1. The van der Waals surface area contributed by atoms with Crippen molar-refractivity contribution in [1.29, 1.82) is 0 Å². The fourth-order valence-corrected chi connectivity index (χ4v) is 2.58. The van der Waals surface area contributed by atoms with Crippen LogP contribution in [0.25, 0.3) is 0 Å². The lowest BCUT2D eigenvalue weighted by Gasteiger charge is -2.10. The summed E-state index contributed by atoms with van der Waals surface area (Å²) < 4.78 is 6.92. The van der Waals surface area contributed by atoms with Crippen LogP contribution in [-0.4, -0.2) is 37.6 Å². The van der Waals surface area contributed by atoms with Gasteiger partial charge in [-0.15, -0.1) is 10.2 Å². The summed E-state index contributed by atoms with van der Waals surface area (Å²) >= 11 is 1.35.